The Kier molecular flexibility index (Phi) is 9.66. The summed E-state index contributed by atoms with van der Waals surface area (Å²) >= 11 is 0. The van der Waals surface area contributed by atoms with E-state index in [2.05, 4.69) is 10.6 Å². The lowest BCUT2D eigenvalue weighted by Crippen LogP contribution is -2.58. The number of carbonyl (C=O) groups excluding carboxylic acids is 4. The van der Waals surface area contributed by atoms with Gasteiger partial charge in [0.25, 0.3) is 0 Å². The number of likely N-dealkylation sites (tertiary alicyclic amines) is 1. The van der Waals surface area contributed by atoms with Gasteiger partial charge in [-0.2, -0.15) is 0 Å². The third kappa shape index (κ3) is 6.66. The van der Waals surface area contributed by atoms with E-state index >= 15 is 0 Å². The van der Waals surface area contributed by atoms with Crippen molar-refractivity contribution in [1.82, 2.24) is 15.5 Å². The molecule has 0 spiro atoms. The molecule has 0 aliphatic carbocycles. The Morgan fingerprint density at radius 3 is 2.33 bits per heavy atom. The predicted octanol–water partition coefficient (Wildman–Crippen LogP) is -2.73. The molecule has 1 rings (SSSR count). The van der Waals surface area contributed by atoms with E-state index in [1.807, 2.05) is 0 Å². The van der Waals surface area contributed by atoms with Gasteiger partial charge in [0.15, 0.2) is 0 Å². The van der Waals surface area contributed by atoms with Gasteiger partial charge < -0.3 is 37.2 Å². The molecule has 1 fully saturated rings. The SMILES string of the molecule is CCC(C)C(NC(=O)C1CCCN1C(=O)C(N)CO)C(=O)NC(CC(N)=O)C(=O)O. The van der Waals surface area contributed by atoms with Crippen LogP contribution < -0.4 is 22.1 Å². The van der Waals surface area contributed by atoms with Crippen molar-refractivity contribution in [1.29, 1.82) is 0 Å². The molecule has 30 heavy (non-hydrogen) atoms. The Hall–Kier alpha value is -2.73. The highest BCUT2D eigenvalue weighted by molar-refractivity contribution is 5.95. The summed E-state index contributed by atoms with van der Waals surface area (Å²) in [6.07, 6.45) is 0.826. The molecule has 0 saturated carbocycles. The fraction of sp³-hybridized carbons (Fsp3) is 0.722. The van der Waals surface area contributed by atoms with Crippen LogP contribution in [0.5, 0.6) is 0 Å². The summed E-state index contributed by atoms with van der Waals surface area (Å²) < 4.78 is 0. The number of primary amides is 1. The van der Waals surface area contributed by atoms with Gasteiger partial charge in [0.2, 0.25) is 23.6 Å². The van der Waals surface area contributed by atoms with Crippen LogP contribution in [0.2, 0.25) is 0 Å². The predicted molar refractivity (Wildman–Crippen MR) is 105 cm³/mol. The van der Waals surface area contributed by atoms with E-state index in [4.69, 9.17) is 16.6 Å². The van der Waals surface area contributed by atoms with Crippen molar-refractivity contribution in [2.75, 3.05) is 13.2 Å². The second kappa shape index (κ2) is 11.5. The molecule has 1 heterocycles. The minimum Gasteiger partial charge on any atom is -0.480 e. The number of carboxylic acids is 1. The van der Waals surface area contributed by atoms with Crippen LogP contribution in [0.3, 0.4) is 0 Å². The lowest BCUT2D eigenvalue weighted by Gasteiger charge is -2.30. The molecule has 1 aliphatic heterocycles. The fourth-order valence-corrected chi connectivity index (χ4v) is 3.21. The number of carbonyl (C=O) groups is 5. The first-order valence-corrected chi connectivity index (χ1v) is 9.82. The van der Waals surface area contributed by atoms with Crippen LogP contribution in [0, 0.1) is 5.92 Å². The molecule has 0 aromatic heterocycles. The summed E-state index contributed by atoms with van der Waals surface area (Å²) in [5.41, 5.74) is 10.6. The molecule has 4 amide bonds. The van der Waals surface area contributed by atoms with E-state index in [0.29, 0.717) is 25.8 Å². The molecule has 0 radical (unpaired) electrons. The Labute approximate surface area is 174 Å². The highest BCUT2D eigenvalue weighted by Gasteiger charge is 2.38. The van der Waals surface area contributed by atoms with Crippen LogP contribution in [-0.4, -0.2) is 82.0 Å². The average molecular weight is 429 g/mol. The van der Waals surface area contributed by atoms with Crippen molar-refractivity contribution in [2.45, 2.75) is 63.7 Å². The van der Waals surface area contributed by atoms with Gasteiger partial charge in [-0.3, -0.25) is 19.2 Å². The van der Waals surface area contributed by atoms with E-state index in [9.17, 15) is 29.1 Å². The van der Waals surface area contributed by atoms with Crippen LogP contribution in [-0.2, 0) is 24.0 Å². The molecule has 1 aliphatic rings. The van der Waals surface area contributed by atoms with Crippen molar-refractivity contribution >= 4 is 29.6 Å². The maximum absolute atomic E-state index is 12.8. The zero-order chi connectivity index (χ0) is 23.0. The van der Waals surface area contributed by atoms with E-state index in [-0.39, 0.29) is 5.92 Å². The largest absolute Gasteiger partial charge is 0.480 e. The normalized spacial score (nSPS) is 20.0. The molecule has 0 bridgehead atoms. The van der Waals surface area contributed by atoms with Crippen LogP contribution in [0.15, 0.2) is 0 Å². The third-order valence-corrected chi connectivity index (χ3v) is 5.17. The Balaban J connectivity index is 2.94. The van der Waals surface area contributed by atoms with Gasteiger partial charge in [-0.1, -0.05) is 20.3 Å². The molecule has 8 N–H and O–H groups in total. The summed E-state index contributed by atoms with van der Waals surface area (Å²) in [5.74, 6) is -4.59. The maximum Gasteiger partial charge on any atom is 0.326 e. The van der Waals surface area contributed by atoms with Gasteiger partial charge >= 0.3 is 5.97 Å². The van der Waals surface area contributed by atoms with Crippen LogP contribution >= 0.6 is 0 Å². The lowest BCUT2D eigenvalue weighted by molar-refractivity contribution is -0.144. The van der Waals surface area contributed by atoms with Gasteiger partial charge in [-0.25, -0.2) is 4.79 Å². The second-order valence-corrected chi connectivity index (χ2v) is 7.42. The molecule has 5 atom stereocenters. The van der Waals surface area contributed by atoms with Gasteiger partial charge in [0.05, 0.1) is 13.0 Å². The summed E-state index contributed by atoms with van der Waals surface area (Å²) in [6.45, 7) is 3.23. The number of aliphatic hydroxyl groups is 1. The van der Waals surface area contributed by atoms with E-state index in [1.165, 1.54) is 4.90 Å². The molecule has 1 saturated heterocycles. The quantitative estimate of drug-likeness (QED) is 0.203. The summed E-state index contributed by atoms with van der Waals surface area (Å²) in [6, 6.07) is -4.60. The monoisotopic (exact) mass is 429 g/mol. The van der Waals surface area contributed by atoms with E-state index in [0.717, 1.165) is 0 Å². The summed E-state index contributed by atoms with van der Waals surface area (Å²) in [7, 11) is 0. The number of hydrogen-bond acceptors (Lipinski definition) is 7. The molecule has 5 unspecified atom stereocenters. The molecule has 170 valence electrons. The zero-order valence-electron chi connectivity index (χ0n) is 17.2. The number of nitrogens with one attached hydrogen (secondary N) is 2. The first-order valence-electron chi connectivity index (χ1n) is 9.82. The average Bonchev–Trinajstić information content (AvgIpc) is 3.18. The summed E-state index contributed by atoms with van der Waals surface area (Å²) in [4.78, 5) is 61.4. The van der Waals surface area contributed by atoms with E-state index < -0.39 is 66.8 Å². The van der Waals surface area contributed by atoms with Gasteiger partial charge in [-0.05, 0) is 18.8 Å². The number of nitrogens with two attached hydrogens (primary N) is 2. The fourth-order valence-electron chi connectivity index (χ4n) is 3.21. The lowest BCUT2D eigenvalue weighted by atomic mass is 9.97. The number of carboxylic acid groups (broad SMARTS) is 1. The minimum absolute atomic E-state index is 0.296. The standard InChI is InChI=1S/C18H31N5O7/c1-3-9(2)14(16(27)21-11(18(29)30)7-13(20)25)22-15(26)12-5-4-6-23(12)17(28)10(19)8-24/h9-12,14,24H,3-8,19H2,1-2H3,(H2,20,25)(H,21,27)(H,22,26)(H,29,30). The molecule has 0 aromatic rings. The Morgan fingerprint density at radius 2 is 1.83 bits per heavy atom. The van der Waals surface area contributed by atoms with Crippen LogP contribution in [0.1, 0.15) is 39.5 Å². The third-order valence-electron chi connectivity index (χ3n) is 5.17. The van der Waals surface area contributed by atoms with Crippen LogP contribution in [0.25, 0.3) is 0 Å². The smallest absolute Gasteiger partial charge is 0.326 e. The number of aliphatic carboxylic acids is 1. The zero-order valence-corrected chi connectivity index (χ0v) is 17.2. The topological polar surface area (TPSA) is 205 Å². The first kappa shape index (κ1) is 25.3. The van der Waals surface area contributed by atoms with Crippen molar-refractivity contribution in [3.63, 3.8) is 0 Å². The Bertz CT molecular complexity index is 671. The van der Waals surface area contributed by atoms with Crippen molar-refractivity contribution < 1.29 is 34.2 Å². The molecular weight excluding hydrogens is 398 g/mol. The molecule has 0 aromatic carbocycles. The highest BCUT2D eigenvalue weighted by Crippen LogP contribution is 2.19. The first-order chi connectivity index (χ1) is 14.0. The number of rotatable bonds is 11. The number of nitrogens with zero attached hydrogens (tertiary/aromatic N) is 1. The van der Waals surface area contributed by atoms with Gasteiger partial charge in [0.1, 0.15) is 24.2 Å². The Morgan fingerprint density at radius 1 is 1.20 bits per heavy atom. The van der Waals surface area contributed by atoms with Gasteiger partial charge in [0, 0.05) is 6.54 Å². The van der Waals surface area contributed by atoms with Crippen LogP contribution in [0.4, 0.5) is 0 Å². The second-order valence-electron chi connectivity index (χ2n) is 7.42. The van der Waals surface area contributed by atoms with Crippen molar-refractivity contribution in [2.24, 2.45) is 17.4 Å². The van der Waals surface area contributed by atoms with Crippen molar-refractivity contribution in [3.05, 3.63) is 0 Å². The van der Waals surface area contributed by atoms with Crippen molar-refractivity contribution in [3.8, 4) is 0 Å². The minimum atomic E-state index is -1.52. The van der Waals surface area contributed by atoms with E-state index in [1.54, 1.807) is 13.8 Å². The van der Waals surface area contributed by atoms with Gasteiger partial charge in [-0.15, -0.1) is 0 Å². The summed E-state index contributed by atoms with van der Waals surface area (Å²) in [5, 5.41) is 23.1. The molecule has 12 heteroatoms. The maximum atomic E-state index is 12.8. The number of aliphatic hydroxyl groups excluding tert-OH is 1. The highest BCUT2D eigenvalue weighted by atomic mass is 16.4. The molecular formula is C18H31N5O7. The number of amides is 4. The molecule has 12 nitrogen and oxygen atoms in total. The number of hydrogen-bond donors (Lipinski definition) is 6.